The third-order valence-corrected chi connectivity index (χ3v) is 5.56. The van der Waals surface area contributed by atoms with Crippen molar-refractivity contribution in [3.8, 4) is 5.69 Å². The van der Waals surface area contributed by atoms with Crippen LogP contribution in [0.3, 0.4) is 0 Å². The van der Waals surface area contributed by atoms with Crippen LogP contribution in [-0.4, -0.2) is 56.7 Å². The SMILES string of the molecule is Cc1cnc(N(C)C2CCCN(C(=O)c3cnn(-c4ccccc4)c3C)C2)nc1. The van der Waals surface area contributed by atoms with Gasteiger partial charge in [0.2, 0.25) is 5.95 Å². The number of aromatic nitrogens is 4. The molecule has 3 aromatic rings. The lowest BCUT2D eigenvalue weighted by Crippen LogP contribution is -2.49. The first-order valence-electron chi connectivity index (χ1n) is 9.95. The van der Waals surface area contributed by atoms with Gasteiger partial charge in [0.15, 0.2) is 0 Å². The molecule has 1 atom stereocenters. The summed E-state index contributed by atoms with van der Waals surface area (Å²) in [6.45, 7) is 5.33. The van der Waals surface area contributed by atoms with Crippen LogP contribution >= 0.6 is 0 Å². The molecule has 7 heteroatoms. The van der Waals surface area contributed by atoms with Crippen LogP contribution in [0.25, 0.3) is 5.69 Å². The second-order valence-electron chi connectivity index (χ2n) is 7.61. The van der Waals surface area contributed by atoms with Crippen molar-refractivity contribution in [3.63, 3.8) is 0 Å². The van der Waals surface area contributed by atoms with Gasteiger partial charge in [0.1, 0.15) is 0 Å². The Balaban J connectivity index is 1.51. The van der Waals surface area contributed by atoms with Crippen LogP contribution in [0.15, 0.2) is 48.9 Å². The van der Waals surface area contributed by atoms with Crippen LogP contribution < -0.4 is 4.90 Å². The molecule has 0 N–H and O–H groups in total. The number of aryl methyl sites for hydroxylation is 1. The number of rotatable bonds is 4. The van der Waals surface area contributed by atoms with Crippen molar-refractivity contribution in [2.75, 3.05) is 25.0 Å². The van der Waals surface area contributed by atoms with Gasteiger partial charge in [-0.25, -0.2) is 14.6 Å². The molecule has 0 spiro atoms. The number of carbonyl (C=O) groups is 1. The summed E-state index contributed by atoms with van der Waals surface area (Å²) in [6.07, 6.45) is 7.30. The highest BCUT2D eigenvalue weighted by molar-refractivity contribution is 5.95. The molecule has 0 radical (unpaired) electrons. The minimum atomic E-state index is 0.0348. The summed E-state index contributed by atoms with van der Waals surface area (Å²) in [5.74, 6) is 0.732. The number of amides is 1. The molecule has 0 aliphatic carbocycles. The third-order valence-electron chi connectivity index (χ3n) is 5.56. The highest BCUT2D eigenvalue weighted by Crippen LogP contribution is 2.22. The van der Waals surface area contributed by atoms with Gasteiger partial charge in [-0.2, -0.15) is 5.10 Å². The largest absolute Gasteiger partial charge is 0.339 e. The van der Waals surface area contributed by atoms with Crippen LogP contribution in [0.2, 0.25) is 0 Å². The number of benzene rings is 1. The highest BCUT2D eigenvalue weighted by Gasteiger charge is 2.29. The predicted octanol–water partition coefficient (Wildman–Crippen LogP) is 3.02. The average Bonchev–Trinajstić information content (AvgIpc) is 3.15. The van der Waals surface area contributed by atoms with Crippen molar-refractivity contribution < 1.29 is 4.79 Å². The maximum atomic E-state index is 13.2. The fourth-order valence-corrected chi connectivity index (χ4v) is 3.81. The minimum Gasteiger partial charge on any atom is -0.339 e. The molecule has 1 fully saturated rings. The van der Waals surface area contributed by atoms with Crippen molar-refractivity contribution in [1.82, 2.24) is 24.6 Å². The number of carbonyl (C=O) groups excluding carboxylic acids is 1. The van der Waals surface area contributed by atoms with Crippen LogP contribution in [0.1, 0.15) is 34.5 Å². The molecule has 3 heterocycles. The van der Waals surface area contributed by atoms with Crippen LogP contribution in [0.4, 0.5) is 5.95 Å². The maximum absolute atomic E-state index is 13.2. The summed E-state index contributed by atoms with van der Waals surface area (Å²) >= 11 is 0. The third kappa shape index (κ3) is 3.85. The molecule has 7 nitrogen and oxygen atoms in total. The molecular weight excluding hydrogens is 364 g/mol. The maximum Gasteiger partial charge on any atom is 0.257 e. The first kappa shape index (κ1) is 19.1. The topological polar surface area (TPSA) is 67.2 Å². The number of likely N-dealkylation sites (N-methyl/N-ethyl adjacent to an activating group) is 1. The van der Waals surface area contributed by atoms with E-state index < -0.39 is 0 Å². The Kier molecular flexibility index (Phi) is 5.29. The molecule has 0 bridgehead atoms. The van der Waals surface area contributed by atoms with Crippen LogP contribution in [0, 0.1) is 13.8 Å². The quantitative estimate of drug-likeness (QED) is 0.685. The zero-order valence-electron chi connectivity index (χ0n) is 17.1. The Hall–Kier alpha value is -3.22. The highest BCUT2D eigenvalue weighted by atomic mass is 16.2. The summed E-state index contributed by atoms with van der Waals surface area (Å²) in [7, 11) is 2.00. The summed E-state index contributed by atoms with van der Waals surface area (Å²) < 4.78 is 1.82. The van der Waals surface area contributed by atoms with Gasteiger partial charge < -0.3 is 9.80 Å². The number of anilines is 1. The summed E-state index contributed by atoms with van der Waals surface area (Å²) in [5, 5.41) is 4.45. The van der Waals surface area contributed by atoms with Gasteiger partial charge in [-0.1, -0.05) is 18.2 Å². The molecular formula is C22H26N6O. The van der Waals surface area contributed by atoms with E-state index in [0.29, 0.717) is 18.1 Å². The number of nitrogens with zero attached hydrogens (tertiary/aromatic N) is 6. The molecule has 0 saturated carbocycles. The van der Waals surface area contributed by atoms with Crippen molar-refractivity contribution >= 4 is 11.9 Å². The van der Waals surface area contributed by atoms with Gasteiger partial charge in [0, 0.05) is 38.6 Å². The van der Waals surface area contributed by atoms with Gasteiger partial charge in [0.25, 0.3) is 5.91 Å². The minimum absolute atomic E-state index is 0.0348. The summed E-state index contributed by atoms with van der Waals surface area (Å²) in [6, 6.07) is 10.1. The summed E-state index contributed by atoms with van der Waals surface area (Å²) in [4.78, 5) is 26.1. The van der Waals surface area contributed by atoms with Gasteiger partial charge in [-0.15, -0.1) is 0 Å². The summed E-state index contributed by atoms with van der Waals surface area (Å²) in [5.41, 5.74) is 3.51. The lowest BCUT2D eigenvalue weighted by molar-refractivity contribution is 0.0706. The molecule has 1 amide bonds. The van der Waals surface area contributed by atoms with E-state index in [1.54, 1.807) is 6.20 Å². The Bertz CT molecular complexity index is 982. The van der Waals surface area contributed by atoms with E-state index >= 15 is 0 Å². The van der Waals surface area contributed by atoms with E-state index in [4.69, 9.17) is 0 Å². The zero-order chi connectivity index (χ0) is 20.4. The van der Waals surface area contributed by atoms with E-state index in [0.717, 1.165) is 36.3 Å². The fourth-order valence-electron chi connectivity index (χ4n) is 3.81. The van der Waals surface area contributed by atoms with Gasteiger partial charge in [-0.3, -0.25) is 4.79 Å². The zero-order valence-corrected chi connectivity index (χ0v) is 17.1. The lowest BCUT2D eigenvalue weighted by Gasteiger charge is -2.37. The van der Waals surface area contributed by atoms with E-state index in [9.17, 15) is 4.79 Å². The van der Waals surface area contributed by atoms with E-state index in [-0.39, 0.29) is 11.9 Å². The lowest BCUT2D eigenvalue weighted by atomic mass is 10.0. The monoisotopic (exact) mass is 390 g/mol. The second kappa shape index (κ2) is 8.03. The van der Waals surface area contributed by atoms with Crippen molar-refractivity contribution in [3.05, 3.63) is 65.7 Å². The van der Waals surface area contributed by atoms with E-state index in [1.165, 1.54) is 0 Å². The number of hydrogen-bond acceptors (Lipinski definition) is 5. The fraction of sp³-hybridized carbons (Fsp3) is 0.364. The Morgan fingerprint density at radius 3 is 2.55 bits per heavy atom. The Morgan fingerprint density at radius 1 is 1.10 bits per heavy atom. The molecule has 1 unspecified atom stereocenters. The smallest absolute Gasteiger partial charge is 0.257 e. The van der Waals surface area contributed by atoms with Crippen molar-refractivity contribution in [2.24, 2.45) is 0 Å². The van der Waals surface area contributed by atoms with Crippen molar-refractivity contribution in [1.29, 1.82) is 0 Å². The molecule has 1 aliphatic heterocycles. The number of para-hydroxylation sites is 1. The molecule has 1 saturated heterocycles. The number of piperidine rings is 1. The van der Waals surface area contributed by atoms with Crippen LogP contribution in [-0.2, 0) is 0 Å². The van der Waals surface area contributed by atoms with E-state index in [1.807, 2.05) is 73.2 Å². The Morgan fingerprint density at radius 2 is 1.83 bits per heavy atom. The van der Waals surface area contributed by atoms with Crippen LogP contribution in [0.5, 0.6) is 0 Å². The molecule has 4 rings (SSSR count). The standard InChI is InChI=1S/C22H26N6O/c1-16-12-23-22(24-13-16)26(3)19-10-7-11-27(15-19)21(29)20-14-25-28(17(20)2)18-8-5-4-6-9-18/h4-6,8-9,12-14,19H,7,10-11,15H2,1-3H3. The molecule has 29 heavy (non-hydrogen) atoms. The molecule has 2 aromatic heterocycles. The first-order chi connectivity index (χ1) is 14.0. The average molecular weight is 390 g/mol. The molecule has 1 aromatic carbocycles. The normalized spacial score (nSPS) is 16.7. The van der Waals surface area contributed by atoms with Gasteiger partial charge in [-0.05, 0) is 44.4 Å². The molecule has 150 valence electrons. The molecule has 1 aliphatic rings. The number of hydrogen-bond donors (Lipinski definition) is 0. The Labute approximate surface area is 171 Å². The first-order valence-corrected chi connectivity index (χ1v) is 9.95. The number of likely N-dealkylation sites (tertiary alicyclic amines) is 1. The predicted molar refractivity (Wildman–Crippen MR) is 112 cm³/mol. The van der Waals surface area contributed by atoms with Gasteiger partial charge >= 0.3 is 0 Å². The van der Waals surface area contributed by atoms with Gasteiger partial charge in [0.05, 0.1) is 23.1 Å². The van der Waals surface area contributed by atoms with Crippen molar-refractivity contribution in [2.45, 2.75) is 32.7 Å². The second-order valence-corrected chi connectivity index (χ2v) is 7.61. The van der Waals surface area contributed by atoms with E-state index in [2.05, 4.69) is 20.0 Å².